The van der Waals surface area contributed by atoms with Crippen molar-refractivity contribution in [2.75, 3.05) is 0 Å². The molecule has 12 heavy (non-hydrogen) atoms. The van der Waals surface area contributed by atoms with E-state index in [1.165, 1.54) is 5.56 Å². The van der Waals surface area contributed by atoms with E-state index in [-0.39, 0.29) is 0 Å². The Labute approximate surface area is 70.4 Å². The van der Waals surface area contributed by atoms with E-state index in [2.05, 4.69) is 0 Å². The number of hydrogen-bond acceptors (Lipinski definition) is 3. The normalized spacial score (nSPS) is 15.7. The monoisotopic (exact) mass is 162 g/mol. The highest BCUT2D eigenvalue weighted by Gasteiger charge is 2.47. The minimum absolute atomic E-state index is 0.524. The molecule has 60 valence electrons. The summed E-state index contributed by atoms with van der Waals surface area (Å²) in [6.07, 6.45) is 0. The standard InChI is InChI=1S/C8H7BO3/c1-4-3-6-8-7(5(4)2)11-9(10-6)12-8/h3H,1-2H3. The van der Waals surface area contributed by atoms with Crippen LogP contribution in [0.15, 0.2) is 6.07 Å². The average molecular weight is 162 g/mol. The highest BCUT2D eigenvalue weighted by molar-refractivity contribution is 6.43. The lowest BCUT2D eigenvalue weighted by atomic mass is 10.1. The van der Waals surface area contributed by atoms with Crippen LogP contribution in [-0.2, 0) is 0 Å². The second-order valence-corrected chi connectivity index (χ2v) is 3.12. The first kappa shape index (κ1) is 6.23. The highest BCUT2D eigenvalue weighted by Crippen LogP contribution is 2.50. The fourth-order valence-electron chi connectivity index (χ4n) is 1.54. The number of rotatable bonds is 0. The van der Waals surface area contributed by atoms with Gasteiger partial charge in [0, 0.05) is 0 Å². The van der Waals surface area contributed by atoms with Gasteiger partial charge in [-0.3, -0.25) is 0 Å². The van der Waals surface area contributed by atoms with Gasteiger partial charge < -0.3 is 14.0 Å². The van der Waals surface area contributed by atoms with Crippen molar-refractivity contribution in [3.8, 4) is 17.2 Å². The molecule has 1 aromatic carbocycles. The number of aryl methyl sites for hydroxylation is 1. The largest absolute Gasteiger partial charge is 0.864 e. The third kappa shape index (κ3) is 0.545. The van der Waals surface area contributed by atoms with Crippen molar-refractivity contribution in [1.82, 2.24) is 0 Å². The zero-order valence-corrected chi connectivity index (χ0v) is 6.88. The van der Waals surface area contributed by atoms with Gasteiger partial charge in [-0.25, -0.2) is 0 Å². The summed E-state index contributed by atoms with van der Waals surface area (Å²) < 4.78 is 15.9. The maximum atomic E-state index is 5.35. The zero-order valence-electron chi connectivity index (χ0n) is 6.88. The second kappa shape index (κ2) is 1.71. The van der Waals surface area contributed by atoms with Crippen LogP contribution in [0.25, 0.3) is 0 Å². The van der Waals surface area contributed by atoms with Crippen molar-refractivity contribution in [2.24, 2.45) is 0 Å². The first-order chi connectivity index (χ1) is 5.75. The van der Waals surface area contributed by atoms with Crippen LogP contribution in [0.1, 0.15) is 11.1 Å². The molecule has 0 aliphatic carbocycles. The molecule has 0 fully saturated rings. The van der Waals surface area contributed by atoms with Gasteiger partial charge in [-0.15, -0.1) is 0 Å². The lowest BCUT2D eigenvalue weighted by molar-refractivity contribution is 0.382. The molecular formula is C8H7BO3. The quantitative estimate of drug-likeness (QED) is 0.540. The summed E-state index contributed by atoms with van der Waals surface area (Å²) in [4.78, 5) is 0. The van der Waals surface area contributed by atoms with Crippen LogP contribution in [0, 0.1) is 13.8 Å². The molecule has 0 radical (unpaired) electrons. The van der Waals surface area contributed by atoms with Gasteiger partial charge in [0.2, 0.25) is 0 Å². The van der Waals surface area contributed by atoms with Gasteiger partial charge in [0.1, 0.15) is 5.75 Å². The summed E-state index contributed by atoms with van der Waals surface area (Å²) in [5.74, 6) is 2.42. The fourth-order valence-corrected chi connectivity index (χ4v) is 1.54. The SMILES string of the molecule is Cc1cc2c3c(c1C)OB(O2)O3. The lowest BCUT2D eigenvalue weighted by Crippen LogP contribution is -2.29. The molecule has 4 heteroatoms. The maximum Gasteiger partial charge on any atom is 0.864 e. The summed E-state index contributed by atoms with van der Waals surface area (Å²) in [7, 11) is -0.524. The second-order valence-electron chi connectivity index (χ2n) is 3.12. The Morgan fingerprint density at radius 3 is 2.58 bits per heavy atom. The summed E-state index contributed by atoms with van der Waals surface area (Å²) in [5.41, 5.74) is 2.31. The molecule has 0 saturated carbocycles. The van der Waals surface area contributed by atoms with E-state index in [4.69, 9.17) is 14.0 Å². The molecule has 1 aromatic rings. The first-order valence-corrected chi connectivity index (χ1v) is 3.90. The molecule has 2 aliphatic heterocycles. The molecular weight excluding hydrogens is 155 g/mol. The van der Waals surface area contributed by atoms with Crippen LogP contribution < -0.4 is 14.0 Å². The Morgan fingerprint density at radius 1 is 1.08 bits per heavy atom. The van der Waals surface area contributed by atoms with Crippen molar-refractivity contribution in [2.45, 2.75) is 13.8 Å². The predicted octanol–water partition coefficient (Wildman–Crippen LogP) is 1.45. The van der Waals surface area contributed by atoms with Gasteiger partial charge in [-0.2, -0.15) is 0 Å². The Hall–Kier alpha value is -1.32. The Bertz CT molecular complexity index is 373. The van der Waals surface area contributed by atoms with Gasteiger partial charge in [-0.1, -0.05) is 0 Å². The Balaban J connectivity index is 2.38. The zero-order chi connectivity index (χ0) is 8.29. The number of hydrogen-bond donors (Lipinski definition) is 0. The van der Waals surface area contributed by atoms with Crippen molar-refractivity contribution in [1.29, 1.82) is 0 Å². The minimum atomic E-state index is -0.524. The van der Waals surface area contributed by atoms with Gasteiger partial charge in [0.15, 0.2) is 11.5 Å². The summed E-state index contributed by atoms with van der Waals surface area (Å²) >= 11 is 0. The fraction of sp³-hybridized carbons (Fsp3) is 0.250. The van der Waals surface area contributed by atoms with E-state index in [9.17, 15) is 0 Å². The van der Waals surface area contributed by atoms with Gasteiger partial charge in [0.25, 0.3) is 0 Å². The molecule has 2 aliphatic rings. The Morgan fingerprint density at radius 2 is 1.83 bits per heavy atom. The smallest absolute Gasteiger partial charge is 0.486 e. The van der Waals surface area contributed by atoms with Crippen molar-refractivity contribution >= 4 is 7.32 Å². The molecule has 2 heterocycles. The summed E-state index contributed by atoms with van der Waals surface area (Å²) in [6.45, 7) is 4.06. The summed E-state index contributed by atoms with van der Waals surface area (Å²) in [6, 6.07) is 1.98. The molecule has 0 atom stereocenters. The van der Waals surface area contributed by atoms with E-state index < -0.39 is 7.32 Å². The third-order valence-corrected chi connectivity index (χ3v) is 2.36. The molecule has 0 spiro atoms. The molecule has 0 N–H and O–H groups in total. The first-order valence-electron chi connectivity index (χ1n) is 3.90. The average Bonchev–Trinajstić information content (AvgIpc) is 2.58. The minimum Gasteiger partial charge on any atom is -0.486 e. The molecule has 0 unspecified atom stereocenters. The van der Waals surface area contributed by atoms with Crippen molar-refractivity contribution in [3.05, 3.63) is 17.2 Å². The molecule has 3 nitrogen and oxygen atoms in total. The van der Waals surface area contributed by atoms with E-state index >= 15 is 0 Å². The van der Waals surface area contributed by atoms with Crippen LogP contribution in [0.3, 0.4) is 0 Å². The third-order valence-electron chi connectivity index (χ3n) is 2.36. The van der Waals surface area contributed by atoms with Gasteiger partial charge >= 0.3 is 7.32 Å². The van der Waals surface area contributed by atoms with E-state index in [0.29, 0.717) is 0 Å². The summed E-state index contributed by atoms with van der Waals surface area (Å²) in [5, 5.41) is 0. The van der Waals surface area contributed by atoms with Crippen LogP contribution in [0.5, 0.6) is 17.2 Å². The van der Waals surface area contributed by atoms with Crippen LogP contribution in [0.2, 0.25) is 0 Å². The van der Waals surface area contributed by atoms with Crippen molar-refractivity contribution < 1.29 is 14.0 Å². The van der Waals surface area contributed by atoms with Crippen molar-refractivity contribution in [3.63, 3.8) is 0 Å². The van der Waals surface area contributed by atoms with E-state index in [1.807, 2.05) is 19.9 Å². The molecule has 0 aromatic heterocycles. The topological polar surface area (TPSA) is 27.7 Å². The number of fused-ring (bicyclic) bond motifs is 1. The van der Waals surface area contributed by atoms with E-state index in [0.717, 1.165) is 22.8 Å². The molecule has 0 saturated heterocycles. The molecule has 2 bridgehead atoms. The van der Waals surface area contributed by atoms with Gasteiger partial charge in [0.05, 0.1) is 0 Å². The van der Waals surface area contributed by atoms with E-state index in [1.54, 1.807) is 0 Å². The van der Waals surface area contributed by atoms with Crippen LogP contribution >= 0.6 is 0 Å². The van der Waals surface area contributed by atoms with Crippen LogP contribution in [-0.4, -0.2) is 7.32 Å². The Kier molecular flexibility index (Phi) is 0.886. The molecule has 0 amide bonds. The predicted molar refractivity (Wildman–Crippen MR) is 43.6 cm³/mol. The lowest BCUT2D eigenvalue weighted by Gasteiger charge is -2.12. The highest BCUT2D eigenvalue weighted by atomic mass is 16.8. The molecule has 3 rings (SSSR count). The maximum absolute atomic E-state index is 5.35. The van der Waals surface area contributed by atoms with Gasteiger partial charge in [-0.05, 0) is 31.0 Å². The van der Waals surface area contributed by atoms with Crippen LogP contribution in [0.4, 0.5) is 0 Å². The number of benzene rings is 1.